The quantitative estimate of drug-likeness (QED) is 0.547. The van der Waals surface area contributed by atoms with E-state index >= 15 is 0 Å². The van der Waals surface area contributed by atoms with Crippen LogP contribution in [-0.2, 0) is 0 Å². The molecule has 4 nitrogen and oxygen atoms in total. The van der Waals surface area contributed by atoms with Gasteiger partial charge in [0.1, 0.15) is 6.17 Å². The topological polar surface area (TPSA) is 13.0 Å². The molecule has 0 bridgehead atoms. The molecule has 0 amide bonds. The minimum atomic E-state index is -0.487. The van der Waals surface area contributed by atoms with Gasteiger partial charge in [0, 0.05) is 39.3 Å². The fraction of sp³-hybridized carbons (Fsp3) is 1.00. The third kappa shape index (κ3) is 11.4. The Balaban J connectivity index is 0.000000218. The van der Waals surface area contributed by atoms with Crippen LogP contribution in [0.15, 0.2) is 0 Å². The Hall–Kier alpha value is -0.230. The molecule has 0 spiro atoms. The van der Waals surface area contributed by atoms with Crippen molar-refractivity contribution in [2.24, 2.45) is 17.8 Å². The summed E-state index contributed by atoms with van der Waals surface area (Å²) in [5.74, 6) is 2.70. The second-order valence-electron chi connectivity index (χ2n) is 11.1. The first-order valence-electron chi connectivity index (χ1n) is 14.5. The van der Waals surface area contributed by atoms with Gasteiger partial charge in [-0.25, -0.2) is 4.39 Å². The molecule has 3 heterocycles. The second kappa shape index (κ2) is 16.4. The Bertz CT molecular complexity index is 447. The SMILES string of the molecule is CC.CCN1CCCC(CN2CCN(C)CC2)C1.CN1CCC(CC2CCC(F)CC2)CC1. The van der Waals surface area contributed by atoms with Crippen molar-refractivity contribution in [2.45, 2.75) is 84.7 Å². The van der Waals surface area contributed by atoms with E-state index in [1.807, 2.05) is 13.8 Å². The molecule has 4 fully saturated rings. The van der Waals surface area contributed by atoms with Crippen molar-refractivity contribution in [1.29, 1.82) is 0 Å². The molecule has 3 saturated heterocycles. The van der Waals surface area contributed by atoms with Crippen molar-refractivity contribution in [3.8, 4) is 0 Å². The zero-order valence-electron chi connectivity index (χ0n) is 22.9. The predicted molar refractivity (Wildman–Crippen MR) is 142 cm³/mol. The molecule has 0 aromatic heterocycles. The van der Waals surface area contributed by atoms with E-state index < -0.39 is 6.17 Å². The lowest BCUT2D eigenvalue weighted by Gasteiger charge is -2.38. The van der Waals surface area contributed by atoms with Gasteiger partial charge in [-0.2, -0.15) is 0 Å². The maximum Gasteiger partial charge on any atom is 0.100 e. The molecule has 0 aromatic carbocycles. The molecule has 1 unspecified atom stereocenters. The highest BCUT2D eigenvalue weighted by Gasteiger charge is 2.25. The standard InChI is InChI=1S/C13H24FN.C13H27N3.C2H6/c1-15-8-6-12(7-9-15)10-11-2-4-13(14)5-3-11;1-3-15-6-4-5-13(11-15)12-16-9-7-14(2)8-10-16;1-2/h11-13H,2-10H2,1H3;13H,3-12H2,1-2H3;1-2H3. The molecule has 5 heteroatoms. The summed E-state index contributed by atoms with van der Waals surface area (Å²) in [6.07, 6.45) is 10.4. The van der Waals surface area contributed by atoms with Gasteiger partial charge in [0.2, 0.25) is 0 Å². The molecule has 1 atom stereocenters. The van der Waals surface area contributed by atoms with Crippen LogP contribution in [0.25, 0.3) is 0 Å². The Morgan fingerprint density at radius 1 is 0.636 bits per heavy atom. The van der Waals surface area contributed by atoms with Gasteiger partial charge in [0.15, 0.2) is 0 Å². The van der Waals surface area contributed by atoms with Crippen molar-refractivity contribution < 1.29 is 4.39 Å². The van der Waals surface area contributed by atoms with E-state index in [0.29, 0.717) is 0 Å². The lowest BCUT2D eigenvalue weighted by Crippen LogP contribution is -2.48. The Labute approximate surface area is 206 Å². The smallest absolute Gasteiger partial charge is 0.100 e. The van der Waals surface area contributed by atoms with Crippen molar-refractivity contribution in [1.82, 2.24) is 19.6 Å². The highest BCUT2D eigenvalue weighted by Crippen LogP contribution is 2.33. The maximum absolute atomic E-state index is 13.0. The number of alkyl halides is 1. The van der Waals surface area contributed by atoms with E-state index in [1.54, 1.807) is 0 Å². The van der Waals surface area contributed by atoms with Crippen molar-refractivity contribution >= 4 is 0 Å². The maximum atomic E-state index is 13.0. The highest BCUT2D eigenvalue weighted by molar-refractivity contribution is 4.79. The summed E-state index contributed by atoms with van der Waals surface area (Å²) in [5, 5.41) is 0. The van der Waals surface area contributed by atoms with Crippen LogP contribution in [0.2, 0.25) is 0 Å². The monoisotopic (exact) mass is 468 g/mol. The second-order valence-corrected chi connectivity index (χ2v) is 11.1. The average Bonchev–Trinajstić information content (AvgIpc) is 2.85. The lowest BCUT2D eigenvalue weighted by atomic mass is 9.79. The number of piperidine rings is 2. The third-order valence-corrected chi connectivity index (χ3v) is 8.44. The molecule has 0 radical (unpaired) electrons. The summed E-state index contributed by atoms with van der Waals surface area (Å²) in [6, 6.07) is 0. The number of hydrogen-bond donors (Lipinski definition) is 0. The first-order valence-corrected chi connectivity index (χ1v) is 14.5. The van der Waals surface area contributed by atoms with Crippen LogP contribution in [-0.4, -0.2) is 105 Å². The van der Waals surface area contributed by atoms with Gasteiger partial charge in [-0.3, -0.25) is 0 Å². The first kappa shape index (κ1) is 29.0. The molecule has 1 aliphatic carbocycles. The Morgan fingerprint density at radius 2 is 1.21 bits per heavy atom. The zero-order chi connectivity index (χ0) is 24.1. The summed E-state index contributed by atoms with van der Waals surface area (Å²) in [7, 11) is 4.45. The predicted octanol–water partition coefficient (Wildman–Crippen LogP) is 5.24. The lowest BCUT2D eigenvalue weighted by molar-refractivity contribution is 0.101. The molecule has 0 N–H and O–H groups in total. The van der Waals surface area contributed by atoms with Gasteiger partial charge < -0.3 is 19.6 Å². The van der Waals surface area contributed by atoms with E-state index in [0.717, 1.165) is 43.4 Å². The molecule has 4 rings (SSSR count). The first-order chi connectivity index (χ1) is 16.0. The highest BCUT2D eigenvalue weighted by atomic mass is 19.1. The number of hydrogen-bond acceptors (Lipinski definition) is 4. The number of likely N-dealkylation sites (N-methyl/N-ethyl adjacent to an activating group) is 1. The Kier molecular flexibility index (Phi) is 14.5. The van der Waals surface area contributed by atoms with Crippen molar-refractivity contribution in [3.63, 3.8) is 0 Å². The van der Waals surface area contributed by atoms with Crippen LogP contribution >= 0.6 is 0 Å². The van der Waals surface area contributed by atoms with Crippen LogP contribution in [0.1, 0.15) is 78.6 Å². The number of nitrogens with zero attached hydrogens (tertiary/aromatic N) is 4. The minimum absolute atomic E-state index is 0.487. The van der Waals surface area contributed by atoms with E-state index in [9.17, 15) is 4.39 Å². The van der Waals surface area contributed by atoms with Gasteiger partial charge in [-0.1, -0.05) is 20.8 Å². The molecule has 3 aliphatic heterocycles. The molecular formula is C28H57FN4. The summed E-state index contributed by atoms with van der Waals surface area (Å²) < 4.78 is 13.0. The normalized spacial score (nSPS) is 31.3. The minimum Gasteiger partial charge on any atom is -0.306 e. The zero-order valence-corrected chi connectivity index (χ0v) is 22.9. The van der Waals surface area contributed by atoms with Crippen molar-refractivity contribution in [2.75, 3.05) is 79.5 Å². The molecule has 0 aromatic rings. The summed E-state index contributed by atoms with van der Waals surface area (Å²) in [4.78, 5) is 10.2. The fourth-order valence-electron chi connectivity index (χ4n) is 6.11. The van der Waals surface area contributed by atoms with E-state index in [4.69, 9.17) is 0 Å². The molecule has 1 saturated carbocycles. The average molecular weight is 469 g/mol. The van der Waals surface area contributed by atoms with Crippen LogP contribution in [0.5, 0.6) is 0 Å². The summed E-state index contributed by atoms with van der Waals surface area (Å²) in [6.45, 7) is 19.1. The third-order valence-electron chi connectivity index (χ3n) is 8.44. The fourth-order valence-corrected chi connectivity index (χ4v) is 6.11. The van der Waals surface area contributed by atoms with Crippen LogP contribution in [0.4, 0.5) is 4.39 Å². The summed E-state index contributed by atoms with van der Waals surface area (Å²) >= 11 is 0. The van der Waals surface area contributed by atoms with Gasteiger partial charge in [0.05, 0.1) is 0 Å². The molecule has 196 valence electrons. The summed E-state index contributed by atoms with van der Waals surface area (Å²) in [5.41, 5.74) is 0. The van der Waals surface area contributed by atoms with Gasteiger partial charge in [-0.15, -0.1) is 0 Å². The van der Waals surface area contributed by atoms with Gasteiger partial charge in [0.25, 0.3) is 0 Å². The molecular weight excluding hydrogens is 411 g/mol. The van der Waals surface area contributed by atoms with Gasteiger partial charge in [-0.05, 0) is 116 Å². The van der Waals surface area contributed by atoms with E-state index in [-0.39, 0.29) is 0 Å². The molecule has 4 aliphatic rings. The number of halogens is 1. The number of rotatable bonds is 5. The largest absolute Gasteiger partial charge is 0.306 e. The van der Waals surface area contributed by atoms with E-state index in [2.05, 4.69) is 40.6 Å². The molecule has 33 heavy (non-hydrogen) atoms. The van der Waals surface area contributed by atoms with Crippen LogP contribution < -0.4 is 0 Å². The van der Waals surface area contributed by atoms with E-state index in [1.165, 1.54) is 97.6 Å². The number of likely N-dealkylation sites (tertiary alicyclic amines) is 2. The Morgan fingerprint density at radius 3 is 1.82 bits per heavy atom. The van der Waals surface area contributed by atoms with Crippen LogP contribution in [0.3, 0.4) is 0 Å². The van der Waals surface area contributed by atoms with Crippen molar-refractivity contribution in [3.05, 3.63) is 0 Å². The van der Waals surface area contributed by atoms with Crippen LogP contribution in [0, 0.1) is 17.8 Å². The van der Waals surface area contributed by atoms with Gasteiger partial charge >= 0.3 is 0 Å². The number of piperazine rings is 1.